The summed E-state index contributed by atoms with van der Waals surface area (Å²) in [4.78, 5) is 11.7. The highest BCUT2D eigenvalue weighted by Crippen LogP contribution is 2.22. The number of hydrogen-bond donors (Lipinski definition) is 2. The number of carbonyl (C=O) groups excluding carboxylic acids is 1. The third-order valence-electron chi connectivity index (χ3n) is 2.52. The SMILES string of the molecule is COC(C)(C)C(=O)Nc1ccc(C)c(O)c1. The molecule has 0 heterocycles. The third-order valence-corrected chi connectivity index (χ3v) is 2.52. The summed E-state index contributed by atoms with van der Waals surface area (Å²) in [6.07, 6.45) is 0. The van der Waals surface area contributed by atoms with Gasteiger partial charge in [0.05, 0.1) is 0 Å². The van der Waals surface area contributed by atoms with Gasteiger partial charge >= 0.3 is 0 Å². The van der Waals surface area contributed by atoms with Gasteiger partial charge in [-0.3, -0.25) is 4.79 Å². The van der Waals surface area contributed by atoms with Crippen LogP contribution in [0.4, 0.5) is 5.69 Å². The van der Waals surface area contributed by atoms with Crippen molar-refractivity contribution in [2.75, 3.05) is 12.4 Å². The number of phenols is 1. The lowest BCUT2D eigenvalue weighted by molar-refractivity contribution is -0.133. The number of hydrogen-bond acceptors (Lipinski definition) is 3. The fraction of sp³-hybridized carbons (Fsp3) is 0.417. The van der Waals surface area contributed by atoms with E-state index in [1.807, 2.05) is 0 Å². The van der Waals surface area contributed by atoms with Gasteiger partial charge in [-0.2, -0.15) is 0 Å². The van der Waals surface area contributed by atoms with Crippen molar-refractivity contribution in [2.24, 2.45) is 0 Å². The third kappa shape index (κ3) is 2.73. The molecule has 1 aromatic carbocycles. The van der Waals surface area contributed by atoms with Crippen LogP contribution in [0.5, 0.6) is 5.75 Å². The van der Waals surface area contributed by atoms with Gasteiger partial charge in [-0.15, -0.1) is 0 Å². The highest BCUT2D eigenvalue weighted by Gasteiger charge is 2.26. The first kappa shape index (κ1) is 12.5. The van der Waals surface area contributed by atoms with E-state index in [1.165, 1.54) is 13.2 Å². The van der Waals surface area contributed by atoms with Crippen molar-refractivity contribution in [3.8, 4) is 5.75 Å². The minimum Gasteiger partial charge on any atom is -0.508 e. The summed E-state index contributed by atoms with van der Waals surface area (Å²) in [6.45, 7) is 5.15. The number of phenolic OH excluding ortho intramolecular Hbond substituents is 1. The van der Waals surface area contributed by atoms with E-state index in [2.05, 4.69) is 5.32 Å². The molecule has 1 rings (SSSR count). The molecule has 0 aliphatic carbocycles. The number of anilines is 1. The van der Waals surface area contributed by atoms with Gasteiger partial charge in [0.15, 0.2) is 0 Å². The zero-order valence-corrected chi connectivity index (χ0v) is 10.00. The molecule has 0 saturated carbocycles. The van der Waals surface area contributed by atoms with Gasteiger partial charge in [0, 0.05) is 18.9 Å². The van der Waals surface area contributed by atoms with E-state index in [0.717, 1.165) is 5.56 Å². The Balaban J connectivity index is 2.82. The summed E-state index contributed by atoms with van der Waals surface area (Å²) >= 11 is 0. The van der Waals surface area contributed by atoms with Crippen LogP contribution in [0.3, 0.4) is 0 Å². The molecule has 88 valence electrons. The molecule has 0 fully saturated rings. The number of aromatic hydroxyl groups is 1. The number of rotatable bonds is 3. The van der Waals surface area contributed by atoms with Crippen LogP contribution in [0.25, 0.3) is 0 Å². The molecule has 4 heteroatoms. The summed E-state index contributed by atoms with van der Waals surface area (Å²) in [5.41, 5.74) is 0.433. The van der Waals surface area contributed by atoms with E-state index in [0.29, 0.717) is 5.69 Å². The van der Waals surface area contributed by atoms with E-state index >= 15 is 0 Å². The van der Waals surface area contributed by atoms with E-state index in [4.69, 9.17) is 4.74 Å². The maximum Gasteiger partial charge on any atom is 0.256 e. The van der Waals surface area contributed by atoms with Gasteiger partial charge in [0.2, 0.25) is 0 Å². The topological polar surface area (TPSA) is 58.6 Å². The van der Waals surface area contributed by atoms with Crippen molar-refractivity contribution in [3.05, 3.63) is 23.8 Å². The molecule has 0 unspecified atom stereocenters. The molecule has 0 spiro atoms. The maximum atomic E-state index is 11.7. The quantitative estimate of drug-likeness (QED) is 0.824. The lowest BCUT2D eigenvalue weighted by Gasteiger charge is -2.21. The molecule has 0 atom stereocenters. The number of carbonyl (C=O) groups is 1. The molecule has 0 aliphatic rings. The lowest BCUT2D eigenvalue weighted by Crippen LogP contribution is -2.38. The van der Waals surface area contributed by atoms with Gasteiger partial charge in [-0.05, 0) is 32.4 Å². The van der Waals surface area contributed by atoms with Gasteiger partial charge in [-0.1, -0.05) is 6.07 Å². The fourth-order valence-corrected chi connectivity index (χ4v) is 1.06. The zero-order chi connectivity index (χ0) is 12.3. The van der Waals surface area contributed by atoms with Gasteiger partial charge in [0.25, 0.3) is 5.91 Å². The van der Waals surface area contributed by atoms with Crippen molar-refractivity contribution in [1.82, 2.24) is 0 Å². The van der Waals surface area contributed by atoms with Gasteiger partial charge in [0.1, 0.15) is 11.4 Å². The molecular formula is C12H17NO3. The van der Waals surface area contributed by atoms with Crippen LogP contribution < -0.4 is 5.32 Å². The zero-order valence-electron chi connectivity index (χ0n) is 10.00. The van der Waals surface area contributed by atoms with E-state index in [-0.39, 0.29) is 11.7 Å². The van der Waals surface area contributed by atoms with E-state index in [9.17, 15) is 9.90 Å². The van der Waals surface area contributed by atoms with Crippen molar-refractivity contribution >= 4 is 11.6 Å². The number of amides is 1. The Labute approximate surface area is 95.2 Å². The predicted molar refractivity (Wildman–Crippen MR) is 62.6 cm³/mol. The molecule has 4 nitrogen and oxygen atoms in total. The summed E-state index contributed by atoms with van der Waals surface area (Å²) < 4.78 is 5.05. The fourth-order valence-electron chi connectivity index (χ4n) is 1.06. The summed E-state index contributed by atoms with van der Waals surface area (Å²) in [5.74, 6) is -0.0914. The standard InChI is InChI=1S/C12H17NO3/c1-8-5-6-9(7-10(8)14)13-11(15)12(2,3)16-4/h5-7,14H,1-4H3,(H,13,15). The summed E-state index contributed by atoms with van der Waals surface area (Å²) in [5, 5.41) is 12.2. The highest BCUT2D eigenvalue weighted by atomic mass is 16.5. The largest absolute Gasteiger partial charge is 0.508 e. The molecule has 1 amide bonds. The molecular weight excluding hydrogens is 206 g/mol. The number of benzene rings is 1. The van der Waals surface area contributed by atoms with Crippen molar-refractivity contribution in [2.45, 2.75) is 26.4 Å². The average molecular weight is 223 g/mol. The molecule has 16 heavy (non-hydrogen) atoms. The van der Waals surface area contributed by atoms with Crippen LogP contribution in [0.1, 0.15) is 19.4 Å². The minimum atomic E-state index is -0.888. The van der Waals surface area contributed by atoms with Crippen molar-refractivity contribution in [3.63, 3.8) is 0 Å². The Morgan fingerprint density at radius 1 is 1.44 bits per heavy atom. The summed E-state index contributed by atoms with van der Waals surface area (Å²) in [7, 11) is 1.48. The molecule has 0 aromatic heterocycles. The first-order valence-electron chi connectivity index (χ1n) is 5.03. The van der Waals surface area contributed by atoms with Crippen LogP contribution in [-0.4, -0.2) is 23.7 Å². The molecule has 0 radical (unpaired) electrons. The maximum absolute atomic E-state index is 11.7. The number of methoxy groups -OCH3 is 1. The van der Waals surface area contributed by atoms with Crippen molar-refractivity contribution < 1.29 is 14.6 Å². The van der Waals surface area contributed by atoms with Crippen LogP contribution in [0.15, 0.2) is 18.2 Å². The summed E-state index contributed by atoms with van der Waals surface area (Å²) in [6, 6.07) is 4.99. The Bertz CT molecular complexity index is 399. The molecule has 1 aromatic rings. The second-order valence-electron chi connectivity index (χ2n) is 4.17. The first-order chi connectivity index (χ1) is 7.36. The second-order valence-corrected chi connectivity index (χ2v) is 4.17. The Hall–Kier alpha value is -1.55. The molecule has 2 N–H and O–H groups in total. The average Bonchev–Trinajstić information content (AvgIpc) is 2.23. The molecule has 0 aliphatic heterocycles. The van der Waals surface area contributed by atoms with E-state index < -0.39 is 5.60 Å². The van der Waals surface area contributed by atoms with Crippen LogP contribution in [-0.2, 0) is 9.53 Å². The Morgan fingerprint density at radius 2 is 2.06 bits per heavy atom. The Kier molecular flexibility index (Phi) is 3.55. The van der Waals surface area contributed by atoms with Gasteiger partial charge < -0.3 is 15.2 Å². The van der Waals surface area contributed by atoms with Crippen LogP contribution >= 0.6 is 0 Å². The van der Waals surface area contributed by atoms with Crippen LogP contribution in [0, 0.1) is 6.92 Å². The first-order valence-corrected chi connectivity index (χ1v) is 5.03. The minimum absolute atomic E-state index is 0.160. The van der Waals surface area contributed by atoms with Crippen molar-refractivity contribution in [1.29, 1.82) is 0 Å². The normalized spacial score (nSPS) is 11.2. The molecule has 0 saturated heterocycles. The smallest absolute Gasteiger partial charge is 0.256 e. The highest BCUT2D eigenvalue weighted by molar-refractivity contribution is 5.96. The van der Waals surface area contributed by atoms with Crippen LogP contribution in [0.2, 0.25) is 0 Å². The second kappa shape index (κ2) is 4.53. The lowest BCUT2D eigenvalue weighted by atomic mass is 10.1. The Morgan fingerprint density at radius 3 is 2.56 bits per heavy atom. The number of nitrogens with one attached hydrogen (secondary N) is 1. The van der Waals surface area contributed by atoms with E-state index in [1.54, 1.807) is 32.9 Å². The number of aryl methyl sites for hydroxylation is 1. The number of ether oxygens (including phenoxy) is 1. The molecule has 0 bridgehead atoms. The van der Waals surface area contributed by atoms with Gasteiger partial charge in [-0.25, -0.2) is 0 Å². The predicted octanol–water partition coefficient (Wildman–Crippen LogP) is 2.06. The monoisotopic (exact) mass is 223 g/mol.